The van der Waals surface area contributed by atoms with Crippen molar-refractivity contribution in [3.8, 4) is 0 Å². The van der Waals surface area contributed by atoms with Crippen LogP contribution in [0, 0.1) is 0 Å². The molecule has 0 aliphatic carbocycles. The number of anilines is 1. The molecular formula is C11H14BrNO. The van der Waals surface area contributed by atoms with E-state index in [9.17, 15) is 4.79 Å². The van der Waals surface area contributed by atoms with Gasteiger partial charge < -0.3 is 5.32 Å². The largest absolute Gasteiger partial charge is 0.385 e. The molecule has 0 atom stereocenters. The van der Waals surface area contributed by atoms with Crippen LogP contribution in [-0.2, 0) is 0 Å². The summed E-state index contributed by atoms with van der Waals surface area (Å²) < 4.78 is 0.987. The molecule has 1 rings (SSSR count). The molecule has 0 aliphatic heterocycles. The van der Waals surface area contributed by atoms with Gasteiger partial charge in [0, 0.05) is 28.7 Å². The van der Waals surface area contributed by atoms with Crippen molar-refractivity contribution in [3.63, 3.8) is 0 Å². The summed E-state index contributed by atoms with van der Waals surface area (Å²) in [5.74, 6) is 0.174. The summed E-state index contributed by atoms with van der Waals surface area (Å²) in [5, 5.41) is 3.18. The summed E-state index contributed by atoms with van der Waals surface area (Å²) in [5.41, 5.74) is 1.69. The molecule has 0 saturated heterocycles. The molecule has 0 spiro atoms. The van der Waals surface area contributed by atoms with E-state index in [4.69, 9.17) is 0 Å². The SMILES string of the molecule is CCNc1cc(Br)ccc1C(=O)CC. The molecular weight excluding hydrogens is 242 g/mol. The van der Waals surface area contributed by atoms with E-state index >= 15 is 0 Å². The Morgan fingerprint density at radius 3 is 2.71 bits per heavy atom. The molecule has 0 radical (unpaired) electrons. The highest BCUT2D eigenvalue weighted by Gasteiger charge is 2.08. The lowest BCUT2D eigenvalue weighted by Gasteiger charge is -2.09. The van der Waals surface area contributed by atoms with Crippen LogP contribution in [0.25, 0.3) is 0 Å². The molecule has 0 saturated carbocycles. The minimum absolute atomic E-state index is 0.174. The zero-order valence-corrected chi connectivity index (χ0v) is 10.0. The van der Waals surface area contributed by atoms with Gasteiger partial charge in [-0.05, 0) is 25.1 Å². The molecule has 0 fully saturated rings. The van der Waals surface area contributed by atoms with E-state index in [2.05, 4.69) is 21.2 Å². The summed E-state index contributed by atoms with van der Waals surface area (Å²) in [4.78, 5) is 11.6. The lowest BCUT2D eigenvalue weighted by atomic mass is 10.1. The molecule has 14 heavy (non-hydrogen) atoms. The van der Waals surface area contributed by atoms with Crippen LogP contribution in [0.4, 0.5) is 5.69 Å². The minimum atomic E-state index is 0.174. The molecule has 0 amide bonds. The van der Waals surface area contributed by atoms with Crippen LogP contribution in [0.15, 0.2) is 22.7 Å². The van der Waals surface area contributed by atoms with Crippen LogP contribution in [0.2, 0.25) is 0 Å². The highest BCUT2D eigenvalue weighted by atomic mass is 79.9. The topological polar surface area (TPSA) is 29.1 Å². The maximum Gasteiger partial charge on any atom is 0.164 e. The van der Waals surface area contributed by atoms with Gasteiger partial charge in [0.25, 0.3) is 0 Å². The molecule has 0 unspecified atom stereocenters. The fourth-order valence-electron chi connectivity index (χ4n) is 1.29. The zero-order chi connectivity index (χ0) is 10.6. The monoisotopic (exact) mass is 255 g/mol. The maximum atomic E-state index is 11.6. The van der Waals surface area contributed by atoms with E-state index in [1.807, 2.05) is 32.0 Å². The Kier molecular flexibility index (Phi) is 4.14. The van der Waals surface area contributed by atoms with E-state index in [1.54, 1.807) is 0 Å². The van der Waals surface area contributed by atoms with E-state index < -0.39 is 0 Å². The predicted molar refractivity (Wildman–Crippen MR) is 62.9 cm³/mol. The number of nitrogens with one attached hydrogen (secondary N) is 1. The van der Waals surface area contributed by atoms with Crippen LogP contribution in [0.1, 0.15) is 30.6 Å². The van der Waals surface area contributed by atoms with Crippen molar-refractivity contribution in [3.05, 3.63) is 28.2 Å². The second-order valence-electron chi connectivity index (χ2n) is 3.00. The van der Waals surface area contributed by atoms with Gasteiger partial charge >= 0.3 is 0 Å². The minimum Gasteiger partial charge on any atom is -0.385 e. The molecule has 3 heteroatoms. The Labute approximate surface area is 92.8 Å². The van der Waals surface area contributed by atoms with Gasteiger partial charge in [0.15, 0.2) is 5.78 Å². The lowest BCUT2D eigenvalue weighted by molar-refractivity contribution is 0.0989. The Balaban J connectivity index is 3.07. The van der Waals surface area contributed by atoms with Crippen LogP contribution in [0.5, 0.6) is 0 Å². The first kappa shape index (κ1) is 11.2. The first-order valence-electron chi connectivity index (χ1n) is 4.75. The molecule has 76 valence electrons. The smallest absolute Gasteiger partial charge is 0.164 e. The maximum absolute atomic E-state index is 11.6. The average molecular weight is 256 g/mol. The molecule has 0 bridgehead atoms. The lowest BCUT2D eigenvalue weighted by Crippen LogP contribution is -2.05. The molecule has 2 nitrogen and oxygen atoms in total. The fourth-order valence-corrected chi connectivity index (χ4v) is 1.65. The van der Waals surface area contributed by atoms with Gasteiger partial charge in [0.2, 0.25) is 0 Å². The fraction of sp³-hybridized carbons (Fsp3) is 0.364. The van der Waals surface area contributed by atoms with Gasteiger partial charge in [-0.3, -0.25) is 4.79 Å². The van der Waals surface area contributed by atoms with E-state index in [0.717, 1.165) is 22.3 Å². The predicted octanol–water partition coefficient (Wildman–Crippen LogP) is 3.47. The van der Waals surface area contributed by atoms with E-state index in [0.29, 0.717) is 6.42 Å². The van der Waals surface area contributed by atoms with Gasteiger partial charge in [0.1, 0.15) is 0 Å². The second-order valence-corrected chi connectivity index (χ2v) is 3.91. The summed E-state index contributed by atoms with van der Waals surface area (Å²) in [7, 11) is 0. The van der Waals surface area contributed by atoms with E-state index in [1.165, 1.54) is 0 Å². The van der Waals surface area contributed by atoms with Gasteiger partial charge in [0.05, 0.1) is 0 Å². The van der Waals surface area contributed by atoms with Crippen LogP contribution < -0.4 is 5.32 Å². The highest BCUT2D eigenvalue weighted by molar-refractivity contribution is 9.10. The van der Waals surface area contributed by atoms with E-state index in [-0.39, 0.29) is 5.78 Å². The van der Waals surface area contributed by atoms with Crippen LogP contribution >= 0.6 is 15.9 Å². The summed E-state index contributed by atoms with van der Waals surface area (Å²) in [6.07, 6.45) is 0.542. The van der Waals surface area contributed by atoms with Gasteiger partial charge in [-0.2, -0.15) is 0 Å². The van der Waals surface area contributed by atoms with Crippen molar-refractivity contribution in [2.45, 2.75) is 20.3 Å². The van der Waals surface area contributed by atoms with Gasteiger partial charge in [-0.15, -0.1) is 0 Å². The number of carbonyl (C=O) groups excluding carboxylic acids is 1. The Morgan fingerprint density at radius 2 is 2.14 bits per heavy atom. The molecule has 1 N–H and O–H groups in total. The third kappa shape index (κ3) is 2.58. The molecule has 0 aliphatic rings. The van der Waals surface area contributed by atoms with Crippen LogP contribution in [-0.4, -0.2) is 12.3 Å². The molecule has 0 aromatic heterocycles. The van der Waals surface area contributed by atoms with Crippen molar-refractivity contribution in [1.29, 1.82) is 0 Å². The molecule has 1 aromatic carbocycles. The average Bonchev–Trinajstić information content (AvgIpc) is 2.17. The summed E-state index contributed by atoms with van der Waals surface area (Å²) in [6.45, 7) is 4.71. The van der Waals surface area contributed by atoms with Gasteiger partial charge in [-0.25, -0.2) is 0 Å². The number of hydrogen-bond donors (Lipinski definition) is 1. The van der Waals surface area contributed by atoms with Crippen molar-refractivity contribution < 1.29 is 4.79 Å². The number of ketones is 1. The molecule has 0 heterocycles. The number of benzene rings is 1. The highest BCUT2D eigenvalue weighted by Crippen LogP contribution is 2.22. The number of rotatable bonds is 4. The van der Waals surface area contributed by atoms with Crippen molar-refractivity contribution in [2.24, 2.45) is 0 Å². The number of hydrogen-bond acceptors (Lipinski definition) is 2. The quantitative estimate of drug-likeness (QED) is 0.835. The Morgan fingerprint density at radius 1 is 1.43 bits per heavy atom. The van der Waals surface area contributed by atoms with Crippen LogP contribution in [0.3, 0.4) is 0 Å². The van der Waals surface area contributed by atoms with Crippen molar-refractivity contribution in [1.82, 2.24) is 0 Å². The third-order valence-electron chi connectivity index (χ3n) is 1.97. The third-order valence-corrected chi connectivity index (χ3v) is 2.46. The zero-order valence-electron chi connectivity index (χ0n) is 8.43. The summed E-state index contributed by atoms with van der Waals surface area (Å²) >= 11 is 3.39. The number of halogens is 1. The second kappa shape index (κ2) is 5.15. The normalized spacial score (nSPS) is 9.93. The first-order chi connectivity index (χ1) is 6.69. The Hall–Kier alpha value is -0.830. The summed E-state index contributed by atoms with van der Waals surface area (Å²) in [6, 6.07) is 5.68. The van der Waals surface area contributed by atoms with Gasteiger partial charge in [-0.1, -0.05) is 22.9 Å². The first-order valence-corrected chi connectivity index (χ1v) is 5.55. The van der Waals surface area contributed by atoms with Crippen molar-refractivity contribution in [2.75, 3.05) is 11.9 Å². The number of Topliss-reactive ketones (excluding diaryl/α,β-unsaturated/α-hetero) is 1. The standard InChI is InChI=1S/C11H14BrNO/c1-3-11(14)9-6-5-8(12)7-10(9)13-4-2/h5-7,13H,3-4H2,1-2H3. The number of carbonyl (C=O) groups is 1. The van der Waals surface area contributed by atoms with Crippen molar-refractivity contribution >= 4 is 27.4 Å². The Bertz CT molecular complexity index is 336. The molecule has 1 aromatic rings.